The molecule has 0 saturated carbocycles. The lowest BCUT2D eigenvalue weighted by molar-refractivity contribution is 0.476. The van der Waals surface area contributed by atoms with Crippen LogP contribution in [0.1, 0.15) is 37.3 Å². The number of nitrogens with one attached hydrogen (secondary N) is 1. The number of aromatic nitrogens is 3. The molecule has 1 aromatic carbocycles. The van der Waals surface area contributed by atoms with Gasteiger partial charge in [0.15, 0.2) is 0 Å². The van der Waals surface area contributed by atoms with Crippen molar-refractivity contribution in [3.63, 3.8) is 0 Å². The maximum atomic E-state index is 13.7. The Morgan fingerprint density at radius 1 is 1.40 bits per heavy atom. The summed E-state index contributed by atoms with van der Waals surface area (Å²) in [6, 6.07) is 5.43. The summed E-state index contributed by atoms with van der Waals surface area (Å²) < 4.78 is 16.0. The molecule has 0 aliphatic heterocycles. The SMILES string of the molecule is CNC(Cc1ncnn1C(C)C)c1ccc(Br)c(F)c1. The van der Waals surface area contributed by atoms with E-state index in [0.717, 1.165) is 11.4 Å². The molecule has 1 heterocycles. The third-order valence-corrected chi connectivity index (χ3v) is 3.86. The van der Waals surface area contributed by atoms with E-state index in [1.54, 1.807) is 18.5 Å². The first-order chi connectivity index (χ1) is 9.52. The topological polar surface area (TPSA) is 42.7 Å². The highest BCUT2D eigenvalue weighted by Gasteiger charge is 2.16. The quantitative estimate of drug-likeness (QED) is 0.908. The van der Waals surface area contributed by atoms with E-state index in [-0.39, 0.29) is 17.9 Å². The van der Waals surface area contributed by atoms with Gasteiger partial charge < -0.3 is 5.32 Å². The van der Waals surface area contributed by atoms with Crippen molar-refractivity contribution in [3.8, 4) is 0 Å². The molecule has 108 valence electrons. The van der Waals surface area contributed by atoms with Gasteiger partial charge in [0, 0.05) is 18.5 Å². The van der Waals surface area contributed by atoms with Gasteiger partial charge in [-0.25, -0.2) is 14.1 Å². The second kappa shape index (κ2) is 6.45. The van der Waals surface area contributed by atoms with Gasteiger partial charge in [0.05, 0.1) is 4.47 Å². The van der Waals surface area contributed by atoms with E-state index in [2.05, 4.69) is 45.2 Å². The van der Waals surface area contributed by atoms with E-state index >= 15 is 0 Å². The molecule has 0 fully saturated rings. The van der Waals surface area contributed by atoms with Gasteiger partial charge in [0.2, 0.25) is 0 Å². The second-order valence-corrected chi connectivity index (χ2v) is 5.79. The molecule has 0 saturated heterocycles. The summed E-state index contributed by atoms with van der Waals surface area (Å²) in [5.74, 6) is 0.635. The fourth-order valence-corrected chi connectivity index (χ4v) is 2.40. The minimum absolute atomic E-state index is 0.000648. The number of hydrogen-bond donors (Lipinski definition) is 1. The molecule has 1 unspecified atom stereocenters. The Kier molecular flexibility index (Phi) is 4.88. The Morgan fingerprint density at radius 3 is 2.75 bits per heavy atom. The van der Waals surface area contributed by atoms with Gasteiger partial charge in [-0.2, -0.15) is 5.10 Å². The highest BCUT2D eigenvalue weighted by molar-refractivity contribution is 9.10. The molecule has 0 amide bonds. The summed E-state index contributed by atoms with van der Waals surface area (Å²) in [7, 11) is 1.86. The molecular formula is C14H18BrFN4. The fraction of sp³-hybridized carbons (Fsp3) is 0.429. The normalized spacial score (nSPS) is 12.9. The molecule has 0 aliphatic rings. The molecule has 2 rings (SSSR count). The minimum Gasteiger partial charge on any atom is -0.313 e. The van der Waals surface area contributed by atoms with Gasteiger partial charge >= 0.3 is 0 Å². The Bertz CT molecular complexity index is 582. The summed E-state index contributed by atoms with van der Waals surface area (Å²) in [6.07, 6.45) is 2.22. The molecule has 4 nitrogen and oxygen atoms in total. The summed E-state index contributed by atoms with van der Waals surface area (Å²) in [5.41, 5.74) is 0.895. The van der Waals surface area contributed by atoms with Crippen molar-refractivity contribution >= 4 is 15.9 Å². The lowest BCUT2D eigenvalue weighted by Crippen LogP contribution is -2.21. The molecule has 0 bridgehead atoms. The van der Waals surface area contributed by atoms with Crippen molar-refractivity contribution in [2.75, 3.05) is 7.05 Å². The smallest absolute Gasteiger partial charge is 0.138 e. The van der Waals surface area contributed by atoms with Crippen LogP contribution in [0.25, 0.3) is 0 Å². The Morgan fingerprint density at radius 2 is 2.15 bits per heavy atom. The van der Waals surface area contributed by atoms with Gasteiger partial charge in [0.25, 0.3) is 0 Å². The van der Waals surface area contributed by atoms with Crippen LogP contribution in [0.5, 0.6) is 0 Å². The predicted octanol–water partition coefficient (Wildman–Crippen LogP) is 3.26. The van der Waals surface area contributed by atoms with Gasteiger partial charge in [-0.15, -0.1) is 0 Å². The molecule has 1 atom stereocenters. The molecule has 1 N–H and O–H groups in total. The van der Waals surface area contributed by atoms with Crippen molar-refractivity contribution in [2.24, 2.45) is 0 Å². The fourth-order valence-electron chi connectivity index (χ4n) is 2.15. The first-order valence-corrected chi connectivity index (χ1v) is 7.32. The average molecular weight is 341 g/mol. The first-order valence-electron chi connectivity index (χ1n) is 6.53. The zero-order chi connectivity index (χ0) is 14.7. The zero-order valence-electron chi connectivity index (χ0n) is 11.8. The van der Waals surface area contributed by atoms with E-state index in [4.69, 9.17) is 0 Å². The molecule has 0 radical (unpaired) electrons. The molecule has 6 heteroatoms. The van der Waals surface area contributed by atoms with Crippen LogP contribution in [-0.4, -0.2) is 21.8 Å². The van der Waals surface area contributed by atoms with Gasteiger partial charge in [-0.3, -0.25) is 0 Å². The maximum Gasteiger partial charge on any atom is 0.138 e. The summed E-state index contributed by atoms with van der Waals surface area (Å²) in [5, 5.41) is 7.43. The first kappa shape index (κ1) is 15.1. The third-order valence-electron chi connectivity index (χ3n) is 3.22. The van der Waals surface area contributed by atoms with Crippen LogP contribution in [0.4, 0.5) is 4.39 Å². The Balaban J connectivity index is 2.24. The van der Waals surface area contributed by atoms with E-state index in [9.17, 15) is 4.39 Å². The lowest BCUT2D eigenvalue weighted by Gasteiger charge is -2.18. The number of halogens is 2. The van der Waals surface area contributed by atoms with Crippen LogP contribution in [0.3, 0.4) is 0 Å². The van der Waals surface area contributed by atoms with Gasteiger partial charge in [0.1, 0.15) is 18.0 Å². The van der Waals surface area contributed by atoms with E-state index in [1.807, 2.05) is 17.8 Å². The van der Waals surface area contributed by atoms with Crippen molar-refractivity contribution < 1.29 is 4.39 Å². The van der Waals surface area contributed by atoms with Crippen LogP contribution >= 0.6 is 15.9 Å². The summed E-state index contributed by atoms with van der Waals surface area (Å²) >= 11 is 3.17. The average Bonchev–Trinajstić information content (AvgIpc) is 2.87. The highest BCUT2D eigenvalue weighted by atomic mass is 79.9. The van der Waals surface area contributed by atoms with E-state index in [1.165, 1.54) is 0 Å². The summed E-state index contributed by atoms with van der Waals surface area (Å²) in [6.45, 7) is 4.12. The number of rotatable bonds is 5. The molecule has 0 aliphatic carbocycles. The zero-order valence-corrected chi connectivity index (χ0v) is 13.4. The Hall–Kier alpha value is -1.27. The third kappa shape index (κ3) is 3.24. The number of likely N-dealkylation sites (N-methyl/N-ethyl adjacent to an activating group) is 1. The maximum absolute atomic E-state index is 13.7. The predicted molar refractivity (Wildman–Crippen MR) is 80.0 cm³/mol. The van der Waals surface area contributed by atoms with Crippen molar-refractivity contribution in [1.82, 2.24) is 20.1 Å². The van der Waals surface area contributed by atoms with Crippen LogP contribution in [0.15, 0.2) is 29.0 Å². The van der Waals surface area contributed by atoms with Gasteiger partial charge in [-0.1, -0.05) is 6.07 Å². The second-order valence-electron chi connectivity index (χ2n) is 4.93. The van der Waals surface area contributed by atoms with Crippen LogP contribution < -0.4 is 5.32 Å². The van der Waals surface area contributed by atoms with Gasteiger partial charge in [-0.05, 0) is 54.5 Å². The molecule has 1 aromatic heterocycles. The van der Waals surface area contributed by atoms with Crippen molar-refractivity contribution in [2.45, 2.75) is 32.4 Å². The van der Waals surface area contributed by atoms with Crippen LogP contribution in [0.2, 0.25) is 0 Å². The van der Waals surface area contributed by atoms with Crippen molar-refractivity contribution in [1.29, 1.82) is 0 Å². The molecule has 20 heavy (non-hydrogen) atoms. The van der Waals surface area contributed by atoms with Crippen molar-refractivity contribution in [3.05, 3.63) is 46.2 Å². The molecule has 2 aromatic rings. The molecular weight excluding hydrogens is 323 g/mol. The molecule has 0 spiro atoms. The summed E-state index contributed by atoms with van der Waals surface area (Å²) in [4.78, 5) is 4.30. The monoisotopic (exact) mass is 340 g/mol. The van der Waals surface area contributed by atoms with E-state index in [0.29, 0.717) is 10.9 Å². The largest absolute Gasteiger partial charge is 0.313 e. The van der Waals surface area contributed by atoms with E-state index < -0.39 is 0 Å². The number of nitrogens with zero attached hydrogens (tertiary/aromatic N) is 3. The standard InChI is InChI=1S/C14H18BrFN4/c1-9(2)20-14(18-8-19-20)7-13(17-3)10-4-5-11(15)12(16)6-10/h4-6,8-9,13,17H,7H2,1-3H3. The minimum atomic E-state index is -0.256. The van der Waals surface area contributed by atoms with Crippen LogP contribution in [-0.2, 0) is 6.42 Å². The number of hydrogen-bond acceptors (Lipinski definition) is 3. The lowest BCUT2D eigenvalue weighted by atomic mass is 10.0. The Labute approximate surface area is 126 Å². The number of benzene rings is 1. The highest BCUT2D eigenvalue weighted by Crippen LogP contribution is 2.23. The van der Waals surface area contributed by atoms with Crippen LogP contribution in [0, 0.1) is 5.82 Å².